The Morgan fingerprint density at radius 1 is 1.10 bits per heavy atom. The Kier molecular flexibility index (Phi) is 4.82. The number of carbonyl (C=O) groups is 1. The van der Waals surface area contributed by atoms with Crippen molar-refractivity contribution in [2.45, 2.75) is 4.90 Å². The van der Waals surface area contributed by atoms with Gasteiger partial charge in [0.2, 0.25) is 10.0 Å². The second kappa shape index (κ2) is 6.27. The summed E-state index contributed by atoms with van der Waals surface area (Å²) < 4.78 is 24.4. The Morgan fingerprint density at radius 3 is 2.38 bits per heavy atom. The van der Waals surface area contributed by atoms with Crippen molar-refractivity contribution < 1.29 is 13.2 Å². The van der Waals surface area contributed by atoms with E-state index in [0.717, 1.165) is 4.47 Å². The van der Waals surface area contributed by atoms with E-state index in [1.807, 2.05) is 0 Å². The van der Waals surface area contributed by atoms with Gasteiger partial charge in [0.25, 0.3) is 5.91 Å². The summed E-state index contributed by atoms with van der Waals surface area (Å²) in [6.45, 7) is 0. The predicted octanol–water partition coefficient (Wildman–Crippen LogP) is 3.11. The van der Waals surface area contributed by atoms with Gasteiger partial charge in [0.15, 0.2) is 0 Å². The van der Waals surface area contributed by atoms with E-state index in [4.69, 9.17) is 5.14 Å². The third kappa shape index (κ3) is 3.91. The molecule has 2 aromatic rings. The molecule has 0 atom stereocenters. The lowest BCUT2D eigenvalue weighted by atomic mass is 10.2. The maximum atomic E-state index is 12.2. The lowest BCUT2D eigenvalue weighted by molar-refractivity contribution is 0.102. The lowest BCUT2D eigenvalue weighted by Crippen LogP contribution is -2.18. The first-order valence-electron chi connectivity index (χ1n) is 5.67. The highest BCUT2D eigenvalue weighted by Crippen LogP contribution is 2.24. The van der Waals surface area contributed by atoms with E-state index in [1.165, 1.54) is 18.2 Å². The highest BCUT2D eigenvalue weighted by molar-refractivity contribution is 9.11. The second-order valence-corrected chi connectivity index (χ2v) is 7.42. The highest BCUT2D eigenvalue weighted by atomic mass is 79.9. The minimum absolute atomic E-state index is 0.133. The Labute approximate surface area is 138 Å². The van der Waals surface area contributed by atoms with Gasteiger partial charge in [-0.3, -0.25) is 4.79 Å². The van der Waals surface area contributed by atoms with Gasteiger partial charge in [-0.25, -0.2) is 13.6 Å². The summed E-state index contributed by atoms with van der Waals surface area (Å²) in [6, 6.07) is 11.0. The molecular formula is C13H10Br2N2O3S. The van der Waals surface area contributed by atoms with Crippen LogP contribution in [0.2, 0.25) is 0 Å². The lowest BCUT2D eigenvalue weighted by Gasteiger charge is -2.10. The van der Waals surface area contributed by atoms with Crippen LogP contribution in [0.1, 0.15) is 10.4 Å². The number of nitrogens with two attached hydrogens (primary N) is 1. The molecule has 0 fully saturated rings. The van der Waals surface area contributed by atoms with E-state index >= 15 is 0 Å². The fourth-order valence-electron chi connectivity index (χ4n) is 1.68. The van der Waals surface area contributed by atoms with Crippen molar-refractivity contribution in [2.24, 2.45) is 5.14 Å². The summed E-state index contributed by atoms with van der Waals surface area (Å²) in [5.41, 5.74) is 0.516. The number of benzene rings is 2. The van der Waals surface area contributed by atoms with Gasteiger partial charge in [0.1, 0.15) is 4.90 Å². The molecule has 5 nitrogen and oxygen atoms in total. The molecule has 8 heteroatoms. The summed E-state index contributed by atoms with van der Waals surface area (Å²) in [6.07, 6.45) is 0. The van der Waals surface area contributed by atoms with Crippen molar-refractivity contribution in [1.29, 1.82) is 0 Å². The largest absolute Gasteiger partial charge is 0.321 e. The van der Waals surface area contributed by atoms with Crippen LogP contribution in [-0.4, -0.2) is 14.3 Å². The number of anilines is 1. The van der Waals surface area contributed by atoms with Crippen LogP contribution in [0.5, 0.6) is 0 Å². The molecule has 0 heterocycles. The fourth-order valence-corrected chi connectivity index (χ4v) is 3.60. The predicted molar refractivity (Wildman–Crippen MR) is 87.6 cm³/mol. The number of rotatable bonds is 3. The van der Waals surface area contributed by atoms with Crippen LogP contribution in [0.3, 0.4) is 0 Å². The number of amides is 1. The highest BCUT2D eigenvalue weighted by Gasteiger charge is 2.17. The zero-order chi connectivity index (χ0) is 15.6. The SMILES string of the molecule is NS(=O)(=O)c1ccccc1NC(=O)c1ccc(Br)cc1Br. The Morgan fingerprint density at radius 2 is 1.76 bits per heavy atom. The van der Waals surface area contributed by atoms with E-state index in [2.05, 4.69) is 37.2 Å². The van der Waals surface area contributed by atoms with Crippen LogP contribution in [0.25, 0.3) is 0 Å². The zero-order valence-corrected chi connectivity index (χ0v) is 14.5. The summed E-state index contributed by atoms with van der Waals surface area (Å²) in [5.74, 6) is -0.439. The van der Waals surface area contributed by atoms with Gasteiger partial charge in [0.05, 0.1) is 11.3 Å². The molecule has 0 spiro atoms. The van der Waals surface area contributed by atoms with E-state index in [9.17, 15) is 13.2 Å². The van der Waals surface area contributed by atoms with Gasteiger partial charge in [-0.05, 0) is 46.3 Å². The number of primary sulfonamides is 1. The first-order chi connectivity index (χ1) is 9.79. The Hall–Kier alpha value is -1.22. The number of sulfonamides is 1. The number of para-hydroxylation sites is 1. The molecule has 21 heavy (non-hydrogen) atoms. The number of carbonyl (C=O) groups excluding carboxylic acids is 1. The number of hydrogen-bond donors (Lipinski definition) is 2. The molecule has 3 N–H and O–H groups in total. The summed E-state index contributed by atoms with van der Waals surface area (Å²) in [5, 5.41) is 7.68. The van der Waals surface area contributed by atoms with Gasteiger partial charge in [-0.2, -0.15) is 0 Å². The van der Waals surface area contributed by atoms with Crippen molar-refractivity contribution in [3.05, 3.63) is 57.0 Å². The molecule has 0 radical (unpaired) electrons. The normalized spacial score (nSPS) is 11.2. The van der Waals surface area contributed by atoms with E-state index in [-0.39, 0.29) is 10.6 Å². The van der Waals surface area contributed by atoms with Crippen LogP contribution in [0, 0.1) is 0 Å². The first kappa shape index (κ1) is 16.2. The Balaban J connectivity index is 2.37. The van der Waals surface area contributed by atoms with Crippen LogP contribution in [0.4, 0.5) is 5.69 Å². The number of halogens is 2. The zero-order valence-electron chi connectivity index (χ0n) is 10.5. The van der Waals surface area contributed by atoms with E-state index in [0.29, 0.717) is 10.0 Å². The minimum Gasteiger partial charge on any atom is -0.321 e. The van der Waals surface area contributed by atoms with Crippen LogP contribution >= 0.6 is 31.9 Å². The summed E-state index contributed by atoms with van der Waals surface area (Å²) in [4.78, 5) is 12.1. The van der Waals surface area contributed by atoms with E-state index < -0.39 is 15.9 Å². The molecule has 0 unspecified atom stereocenters. The molecule has 110 valence electrons. The van der Waals surface area contributed by atoms with Gasteiger partial charge in [-0.1, -0.05) is 28.1 Å². The molecule has 0 bridgehead atoms. The van der Waals surface area contributed by atoms with Gasteiger partial charge in [-0.15, -0.1) is 0 Å². The van der Waals surface area contributed by atoms with Crippen molar-refractivity contribution in [3.63, 3.8) is 0 Å². The average molecular weight is 434 g/mol. The molecule has 0 aromatic heterocycles. The fraction of sp³-hybridized carbons (Fsp3) is 0. The second-order valence-electron chi connectivity index (χ2n) is 4.12. The number of nitrogens with one attached hydrogen (secondary N) is 1. The molecule has 2 rings (SSSR count). The van der Waals surface area contributed by atoms with Gasteiger partial charge >= 0.3 is 0 Å². The summed E-state index contributed by atoms with van der Waals surface area (Å²) >= 11 is 6.58. The summed E-state index contributed by atoms with van der Waals surface area (Å²) in [7, 11) is -3.91. The number of hydrogen-bond acceptors (Lipinski definition) is 3. The maximum Gasteiger partial charge on any atom is 0.256 e. The average Bonchev–Trinajstić information content (AvgIpc) is 2.37. The molecule has 0 aliphatic rings. The molecular weight excluding hydrogens is 424 g/mol. The van der Waals surface area contributed by atoms with Crippen molar-refractivity contribution >= 4 is 53.5 Å². The van der Waals surface area contributed by atoms with Gasteiger partial charge in [0, 0.05) is 8.95 Å². The van der Waals surface area contributed by atoms with Crippen LogP contribution in [-0.2, 0) is 10.0 Å². The molecule has 2 aromatic carbocycles. The molecule has 0 aliphatic heterocycles. The molecule has 1 amide bonds. The van der Waals surface area contributed by atoms with Crippen LogP contribution in [0.15, 0.2) is 56.3 Å². The van der Waals surface area contributed by atoms with Crippen molar-refractivity contribution in [3.8, 4) is 0 Å². The quantitative estimate of drug-likeness (QED) is 0.779. The molecule has 0 saturated carbocycles. The maximum absolute atomic E-state index is 12.2. The van der Waals surface area contributed by atoms with Crippen LogP contribution < -0.4 is 10.5 Å². The standard InChI is InChI=1S/C13H10Br2N2O3S/c14-8-5-6-9(10(15)7-8)13(18)17-11-3-1-2-4-12(11)21(16,19)20/h1-7H,(H,17,18)(H2,16,19,20). The minimum atomic E-state index is -3.91. The third-order valence-corrected chi connectivity index (χ3v) is 4.74. The molecule has 0 aliphatic carbocycles. The molecule has 0 saturated heterocycles. The topological polar surface area (TPSA) is 89.3 Å². The Bertz CT molecular complexity index is 807. The smallest absolute Gasteiger partial charge is 0.256 e. The van der Waals surface area contributed by atoms with E-state index in [1.54, 1.807) is 24.3 Å². The monoisotopic (exact) mass is 432 g/mol. The third-order valence-electron chi connectivity index (χ3n) is 2.62. The van der Waals surface area contributed by atoms with Crippen molar-refractivity contribution in [1.82, 2.24) is 0 Å². The van der Waals surface area contributed by atoms with Gasteiger partial charge < -0.3 is 5.32 Å². The first-order valence-corrected chi connectivity index (χ1v) is 8.80. The van der Waals surface area contributed by atoms with Crippen molar-refractivity contribution in [2.75, 3.05) is 5.32 Å².